The Morgan fingerprint density at radius 3 is 3.50 bits per heavy atom. The molecule has 0 aromatic carbocycles. The van der Waals surface area contributed by atoms with E-state index in [-0.39, 0.29) is 0 Å². The van der Waals surface area contributed by atoms with Gasteiger partial charge in [0.05, 0.1) is 5.70 Å². The number of hydrogen-bond acceptors (Lipinski definition) is 2. The fourth-order valence-electron chi connectivity index (χ4n) is 1.33. The van der Waals surface area contributed by atoms with Crippen molar-refractivity contribution < 1.29 is 0 Å². The van der Waals surface area contributed by atoms with Crippen molar-refractivity contribution in [3.8, 4) is 0 Å². The molecule has 52 valence electrons. The van der Waals surface area contributed by atoms with Gasteiger partial charge in [-0.05, 0) is 18.4 Å². The summed E-state index contributed by atoms with van der Waals surface area (Å²) in [4.78, 5) is 4.09. The highest BCUT2D eigenvalue weighted by atomic mass is 14.9. The average Bonchev–Trinajstić information content (AvgIpc) is 2.28. The smallest absolute Gasteiger partial charge is 0.0522 e. The zero-order chi connectivity index (χ0) is 6.81. The number of aliphatic imine (C=N–C) groups is 1. The zero-order valence-electron chi connectivity index (χ0n) is 5.80. The molecule has 2 heteroatoms. The minimum atomic E-state index is 1.07. The van der Waals surface area contributed by atoms with Crippen LogP contribution in [0.15, 0.2) is 28.5 Å². The molecule has 0 aliphatic carbocycles. The molecule has 0 saturated carbocycles. The summed E-state index contributed by atoms with van der Waals surface area (Å²) in [7, 11) is 0. The lowest BCUT2D eigenvalue weighted by Crippen LogP contribution is -2.07. The van der Waals surface area contributed by atoms with E-state index in [2.05, 4.69) is 16.4 Å². The van der Waals surface area contributed by atoms with Crippen molar-refractivity contribution in [1.29, 1.82) is 0 Å². The summed E-state index contributed by atoms with van der Waals surface area (Å²) < 4.78 is 0. The first-order valence-electron chi connectivity index (χ1n) is 3.61. The van der Waals surface area contributed by atoms with Crippen LogP contribution < -0.4 is 5.32 Å². The maximum Gasteiger partial charge on any atom is 0.0522 e. The molecule has 0 amide bonds. The normalized spacial score (nSPS) is 22.4. The lowest BCUT2D eigenvalue weighted by Gasteiger charge is -1.94. The molecule has 2 heterocycles. The third kappa shape index (κ3) is 0.856. The summed E-state index contributed by atoms with van der Waals surface area (Å²) in [5.74, 6) is 0. The number of nitrogens with zero attached hydrogens (tertiary/aromatic N) is 1. The van der Waals surface area contributed by atoms with Crippen molar-refractivity contribution in [2.24, 2.45) is 4.99 Å². The first-order chi connectivity index (χ1) is 4.97. The summed E-state index contributed by atoms with van der Waals surface area (Å²) in [6.07, 6.45) is 8.13. The molecule has 0 radical (unpaired) electrons. The maximum absolute atomic E-state index is 4.09. The van der Waals surface area contributed by atoms with Gasteiger partial charge >= 0.3 is 0 Å². The summed E-state index contributed by atoms with van der Waals surface area (Å²) in [5.41, 5.74) is 2.74. The van der Waals surface area contributed by atoms with Crippen LogP contribution in [0.1, 0.15) is 12.8 Å². The van der Waals surface area contributed by atoms with Gasteiger partial charge in [0.25, 0.3) is 0 Å². The summed E-state index contributed by atoms with van der Waals surface area (Å²) in [6, 6.07) is 0. The van der Waals surface area contributed by atoms with Crippen LogP contribution >= 0.6 is 0 Å². The predicted molar refractivity (Wildman–Crippen MR) is 41.9 cm³/mol. The van der Waals surface area contributed by atoms with Gasteiger partial charge in [-0.3, -0.25) is 4.99 Å². The van der Waals surface area contributed by atoms with E-state index in [0.29, 0.717) is 0 Å². The molecule has 2 nitrogen and oxygen atoms in total. The largest absolute Gasteiger partial charge is 0.384 e. The number of nitrogens with one attached hydrogen (secondary N) is 1. The van der Waals surface area contributed by atoms with E-state index in [9.17, 15) is 0 Å². The van der Waals surface area contributed by atoms with Gasteiger partial charge in [-0.25, -0.2) is 0 Å². The van der Waals surface area contributed by atoms with Crippen molar-refractivity contribution in [2.45, 2.75) is 12.8 Å². The SMILES string of the molecule is C1=CN=CC2=C(C1)CCN2. The topological polar surface area (TPSA) is 24.4 Å². The Hall–Kier alpha value is -1.05. The van der Waals surface area contributed by atoms with E-state index >= 15 is 0 Å². The van der Waals surface area contributed by atoms with Gasteiger partial charge in [0.2, 0.25) is 0 Å². The minimum Gasteiger partial charge on any atom is -0.384 e. The standard InChI is InChI=1S/C8H10N2/c1-2-7-3-5-10-8(7)6-9-4-1/h1,4,6,10H,2-3,5H2. The van der Waals surface area contributed by atoms with Crippen molar-refractivity contribution in [3.05, 3.63) is 23.5 Å². The molecule has 0 fully saturated rings. The van der Waals surface area contributed by atoms with Crippen molar-refractivity contribution >= 4 is 6.21 Å². The first kappa shape index (κ1) is 5.71. The second kappa shape index (κ2) is 2.29. The van der Waals surface area contributed by atoms with E-state index < -0.39 is 0 Å². The van der Waals surface area contributed by atoms with Crippen molar-refractivity contribution in [3.63, 3.8) is 0 Å². The molecule has 0 spiro atoms. The van der Waals surface area contributed by atoms with E-state index in [1.165, 1.54) is 17.7 Å². The number of allylic oxidation sites excluding steroid dienone is 2. The van der Waals surface area contributed by atoms with Gasteiger partial charge in [0, 0.05) is 19.0 Å². The van der Waals surface area contributed by atoms with Crippen LogP contribution in [0.4, 0.5) is 0 Å². The van der Waals surface area contributed by atoms with Crippen LogP contribution in [0.25, 0.3) is 0 Å². The third-order valence-electron chi connectivity index (χ3n) is 1.88. The molecule has 0 bridgehead atoms. The van der Waals surface area contributed by atoms with E-state index in [4.69, 9.17) is 0 Å². The summed E-state index contributed by atoms with van der Waals surface area (Å²) in [5, 5.41) is 3.29. The third-order valence-corrected chi connectivity index (χ3v) is 1.88. The predicted octanol–water partition coefficient (Wildman–Crippen LogP) is 1.22. The van der Waals surface area contributed by atoms with Gasteiger partial charge in [0.15, 0.2) is 0 Å². The molecule has 1 N–H and O–H groups in total. The Bertz CT molecular complexity index is 223. The summed E-state index contributed by atoms with van der Waals surface area (Å²) in [6.45, 7) is 1.09. The van der Waals surface area contributed by atoms with Crippen LogP contribution in [-0.2, 0) is 0 Å². The highest BCUT2D eigenvalue weighted by Gasteiger charge is 2.10. The quantitative estimate of drug-likeness (QED) is 0.529. The van der Waals surface area contributed by atoms with E-state index in [1.54, 1.807) is 0 Å². The lowest BCUT2D eigenvalue weighted by atomic mass is 10.1. The Kier molecular flexibility index (Phi) is 1.31. The molecule has 0 saturated heterocycles. The second-order valence-electron chi connectivity index (χ2n) is 2.56. The van der Waals surface area contributed by atoms with Crippen LogP contribution in [0.3, 0.4) is 0 Å². The van der Waals surface area contributed by atoms with Crippen LogP contribution in [0.5, 0.6) is 0 Å². The van der Waals surface area contributed by atoms with Crippen LogP contribution in [0.2, 0.25) is 0 Å². The molecule has 0 aromatic heterocycles. The monoisotopic (exact) mass is 134 g/mol. The highest BCUT2D eigenvalue weighted by Crippen LogP contribution is 2.17. The molecule has 2 aliphatic heterocycles. The fraction of sp³-hybridized carbons (Fsp3) is 0.375. The Morgan fingerprint density at radius 1 is 1.50 bits per heavy atom. The zero-order valence-corrected chi connectivity index (χ0v) is 5.80. The Balaban J connectivity index is 2.30. The Morgan fingerprint density at radius 2 is 2.50 bits per heavy atom. The van der Waals surface area contributed by atoms with Gasteiger partial charge in [-0.1, -0.05) is 6.08 Å². The molecule has 2 rings (SSSR count). The average molecular weight is 134 g/mol. The summed E-state index contributed by atoms with van der Waals surface area (Å²) >= 11 is 0. The fourth-order valence-corrected chi connectivity index (χ4v) is 1.33. The van der Waals surface area contributed by atoms with Gasteiger partial charge in [-0.2, -0.15) is 0 Å². The molecule has 0 unspecified atom stereocenters. The molecule has 10 heavy (non-hydrogen) atoms. The van der Waals surface area contributed by atoms with Crippen LogP contribution in [0, 0.1) is 0 Å². The Labute approximate surface area is 60.3 Å². The highest BCUT2D eigenvalue weighted by molar-refractivity contribution is 5.80. The second-order valence-corrected chi connectivity index (χ2v) is 2.56. The molecular weight excluding hydrogens is 124 g/mol. The van der Waals surface area contributed by atoms with E-state index in [0.717, 1.165) is 13.0 Å². The minimum absolute atomic E-state index is 1.07. The van der Waals surface area contributed by atoms with Gasteiger partial charge in [0.1, 0.15) is 0 Å². The molecule has 2 aliphatic rings. The lowest BCUT2D eigenvalue weighted by molar-refractivity contribution is 0.887. The molecule has 0 atom stereocenters. The first-order valence-corrected chi connectivity index (χ1v) is 3.61. The van der Waals surface area contributed by atoms with Crippen molar-refractivity contribution in [1.82, 2.24) is 5.32 Å². The van der Waals surface area contributed by atoms with Crippen molar-refractivity contribution in [2.75, 3.05) is 6.54 Å². The molecular formula is C8H10N2. The van der Waals surface area contributed by atoms with Gasteiger partial charge in [-0.15, -0.1) is 0 Å². The van der Waals surface area contributed by atoms with Gasteiger partial charge < -0.3 is 5.32 Å². The van der Waals surface area contributed by atoms with E-state index in [1.807, 2.05) is 12.4 Å². The number of rotatable bonds is 0. The number of hydrogen-bond donors (Lipinski definition) is 1. The van der Waals surface area contributed by atoms with Crippen LogP contribution in [-0.4, -0.2) is 12.8 Å². The maximum atomic E-state index is 4.09. The molecule has 0 aromatic rings.